The summed E-state index contributed by atoms with van der Waals surface area (Å²) < 4.78 is 0. The fraction of sp³-hybridized carbons (Fsp3) is 0.278. The van der Waals surface area contributed by atoms with E-state index in [0.29, 0.717) is 5.92 Å². The quantitative estimate of drug-likeness (QED) is 0.346. The summed E-state index contributed by atoms with van der Waals surface area (Å²) in [5, 5.41) is 8.75. The summed E-state index contributed by atoms with van der Waals surface area (Å²) in [5.41, 5.74) is 11.1. The maximum absolute atomic E-state index is 2.53. The van der Waals surface area contributed by atoms with Crippen molar-refractivity contribution in [3.8, 4) is 0 Å². The van der Waals surface area contributed by atoms with Gasteiger partial charge in [0.15, 0.2) is 0 Å². The molecule has 36 heavy (non-hydrogen) atoms. The van der Waals surface area contributed by atoms with Crippen LogP contribution in [0.15, 0.2) is 72.8 Å². The summed E-state index contributed by atoms with van der Waals surface area (Å²) in [6, 6.07) is 27.9. The van der Waals surface area contributed by atoms with Crippen molar-refractivity contribution in [2.45, 2.75) is 57.8 Å². The van der Waals surface area contributed by atoms with Gasteiger partial charge in [0, 0.05) is 5.41 Å². The van der Waals surface area contributed by atoms with Crippen LogP contribution in [0.5, 0.6) is 0 Å². The lowest BCUT2D eigenvalue weighted by molar-refractivity contribution is 0.417. The molecule has 4 aromatic carbocycles. The van der Waals surface area contributed by atoms with Crippen molar-refractivity contribution in [1.82, 2.24) is 0 Å². The summed E-state index contributed by atoms with van der Waals surface area (Å²) in [5.74, 6) is 0.508. The first-order chi connectivity index (χ1) is 17.4. The van der Waals surface area contributed by atoms with Gasteiger partial charge in [0.25, 0.3) is 0 Å². The summed E-state index contributed by atoms with van der Waals surface area (Å²) in [4.78, 5) is 0. The molecular formula is C36H32. The summed E-state index contributed by atoms with van der Waals surface area (Å²) in [6.45, 7) is 9.96. The Morgan fingerprint density at radius 2 is 1.53 bits per heavy atom. The number of fused-ring (bicyclic) bond motifs is 3. The van der Waals surface area contributed by atoms with E-state index in [-0.39, 0.29) is 10.8 Å². The average molecular weight is 465 g/mol. The van der Waals surface area contributed by atoms with E-state index in [1.54, 1.807) is 38.6 Å². The number of hydrogen-bond acceptors (Lipinski definition) is 0. The molecule has 0 heterocycles. The van der Waals surface area contributed by atoms with Crippen molar-refractivity contribution in [2.24, 2.45) is 5.92 Å². The molecule has 0 heteroatoms. The third-order valence-corrected chi connectivity index (χ3v) is 10.0. The van der Waals surface area contributed by atoms with Crippen LogP contribution in [0.3, 0.4) is 0 Å². The molecule has 0 N–H and O–H groups in total. The van der Waals surface area contributed by atoms with Crippen LogP contribution in [0.2, 0.25) is 0 Å². The maximum Gasteiger partial charge on any atom is 0.0165 e. The zero-order chi connectivity index (χ0) is 24.4. The second-order valence-corrected chi connectivity index (χ2v) is 12.4. The van der Waals surface area contributed by atoms with Gasteiger partial charge in [-0.25, -0.2) is 0 Å². The van der Waals surface area contributed by atoms with Crippen molar-refractivity contribution in [3.63, 3.8) is 0 Å². The van der Waals surface area contributed by atoms with E-state index in [4.69, 9.17) is 0 Å². The van der Waals surface area contributed by atoms with Crippen molar-refractivity contribution in [2.75, 3.05) is 0 Å². The molecule has 0 spiro atoms. The van der Waals surface area contributed by atoms with E-state index in [9.17, 15) is 0 Å². The molecule has 0 saturated heterocycles. The second-order valence-electron chi connectivity index (χ2n) is 12.4. The molecule has 4 aliphatic rings. The van der Waals surface area contributed by atoms with Gasteiger partial charge in [-0.05, 0) is 107 Å². The van der Waals surface area contributed by atoms with Gasteiger partial charge < -0.3 is 0 Å². The van der Waals surface area contributed by atoms with E-state index < -0.39 is 0 Å². The predicted octanol–water partition coefficient (Wildman–Crippen LogP) is 5.57. The minimum absolute atomic E-state index is 0.0455. The zero-order valence-corrected chi connectivity index (χ0v) is 21.7. The van der Waals surface area contributed by atoms with E-state index >= 15 is 0 Å². The topological polar surface area (TPSA) is 0 Å². The van der Waals surface area contributed by atoms with Crippen LogP contribution in [0.25, 0.3) is 33.6 Å². The Bertz CT molecular complexity index is 1910. The van der Waals surface area contributed by atoms with Crippen LogP contribution >= 0.6 is 0 Å². The average Bonchev–Trinajstić information content (AvgIpc) is 3.11. The smallest absolute Gasteiger partial charge is 0.0165 e. The van der Waals surface area contributed by atoms with Crippen LogP contribution in [0.1, 0.15) is 69.2 Å². The van der Waals surface area contributed by atoms with E-state index in [1.807, 2.05) is 0 Å². The minimum Gasteiger partial charge on any atom is -0.0763 e. The Hall–Kier alpha value is -3.38. The van der Waals surface area contributed by atoms with E-state index in [1.165, 1.54) is 32.0 Å². The molecule has 4 aromatic rings. The van der Waals surface area contributed by atoms with Crippen LogP contribution in [-0.4, -0.2) is 0 Å². The molecule has 0 aliphatic heterocycles. The minimum atomic E-state index is -0.0455. The van der Waals surface area contributed by atoms with Crippen LogP contribution in [0.4, 0.5) is 0 Å². The van der Waals surface area contributed by atoms with Gasteiger partial charge >= 0.3 is 0 Å². The SMILES string of the molecule is CC1(C)c2cccc3c2=C2c4c(cc5ccccc5c41)C(C)(C)C2CC=3C1=c2ccccc2=CCC1. The van der Waals surface area contributed by atoms with Crippen molar-refractivity contribution in [3.05, 3.63) is 116 Å². The lowest BCUT2D eigenvalue weighted by atomic mass is 9.65. The van der Waals surface area contributed by atoms with Crippen molar-refractivity contribution < 1.29 is 0 Å². The fourth-order valence-electron chi connectivity index (χ4n) is 8.28. The third-order valence-electron chi connectivity index (χ3n) is 10.0. The lowest BCUT2D eigenvalue weighted by Gasteiger charge is -2.38. The molecule has 1 atom stereocenters. The molecule has 0 fully saturated rings. The monoisotopic (exact) mass is 464 g/mol. The normalized spacial score (nSPS) is 21.8. The van der Waals surface area contributed by atoms with Crippen LogP contribution in [-0.2, 0) is 10.8 Å². The maximum atomic E-state index is 2.53. The highest BCUT2D eigenvalue weighted by molar-refractivity contribution is 6.00. The molecule has 0 radical (unpaired) electrons. The number of rotatable bonds is 1. The first-order valence-corrected chi connectivity index (χ1v) is 13.6. The van der Waals surface area contributed by atoms with Crippen molar-refractivity contribution >= 4 is 33.6 Å². The van der Waals surface area contributed by atoms with E-state index in [2.05, 4.69) is 107 Å². The molecule has 0 aromatic heterocycles. The van der Waals surface area contributed by atoms with Crippen molar-refractivity contribution in [1.29, 1.82) is 0 Å². The highest BCUT2D eigenvalue weighted by Crippen LogP contribution is 2.58. The summed E-state index contributed by atoms with van der Waals surface area (Å²) in [7, 11) is 0. The Labute approximate surface area is 213 Å². The molecule has 4 aliphatic carbocycles. The lowest BCUT2D eigenvalue weighted by Crippen LogP contribution is -2.46. The molecule has 176 valence electrons. The highest BCUT2D eigenvalue weighted by atomic mass is 14.5. The molecule has 1 unspecified atom stereocenters. The predicted molar refractivity (Wildman–Crippen MR) is 152 cm³/mol. The van der Waals surface area contributed by atoms with Gasteiger partial charge in [-0.1, -0.05) is 101 Å². The number of hydrogen-bond donors (Lipinski definition) is 0. The first kappa shape index (κ1) is 20.8. The third kappa shape index (κ3) is 2.36. The number of benzene rings is 4. The molecule has 0 bridgehead atoms. The molecule has 0 saturated carbocycles. The van der Waals surface area contributed by atoms with Crippen LogP contribution < -0.4 is 20.9 Å². The van der Waals surface area contributed by atoms with Gasteiger partial charge in [-0.2, -0.15) is 0 Å². The van der Waals surface area contributed by atoms with Gasteiger partial charge in [0.2, 0.25) is 0 Å². The Balaban J connectivity index is 1.62. The summed E-state index contributed by atoms with van der Waals surface area (Å²) in [6.07, 6.45) is 5.84. The second kappa shape index (κ2) is 6.68. The van der Waals surface area contributed by atoms with E-state index in [0.717, 1.165) is 19.3 Å². The molecular weight excluding hydrogens is 432 g/mol. The molecule has 0 amide bonds. The summed E-state index contributed by atoms with van der Waals surface area (Å²) >= 11 is 0. The highest BCUT2D eigenvalue weighted by Gasteiger charge is 2.50. The fourth-order valence-corrected chi connectivity index (χ4v) is 8.28. The first-order valence-electron chi connectivity index (χ1n) is 13.6. The Morgan fingerprint density at radius 1 is 0.750 bits per heavy atom. The Morgan fingerprint density at radius 3 is 2.42 bits per heavy atom. The zero-order valence-electron chi connectivity index (χ0n) is 21.7. The van der Waals surface area contributed by atoms with Gasteiger partial charge in [-0.3, -0.25) is 0 Å². The molecule has 8 rings (SSSR count). The van der Waals surface area contributed by atoms with Gasteiger partial charge in [-0.15, -0.1) is 0 Å². The van der Waals surface area contributed by atoms with Crippen LogP contribution in [0, 0.1) is 5.92 Å². The molecule has 0 nitrogen and oxygen atoms in total. The standard InChI is InChI=1S/C36H32/c1-35(2)29-19-22-12-6-8-15-24(22)34-33(29)32-30(35)20-27(25-16-9-13-21-11-5-7-14-23(21)25)26-17-10-18-28(31(26)32)36(34,3)4/h5-8,10-15,17-19,30H,9,16,20H2,1-4H3. The van der Waals surface area contributed by atoms with Gasteiger partial charge in [0.05, 0.1) is 0 Å². The van der Waals surface area contributed by atoms with Gasteiger partial charge in [0.1, 0.15) is 0 Å². The Kier molecular flexibility index (Phi) is 3.86. The largest absolute Gasteiger partial charge is 0.0763 e.